The van der Waals surface area contributed by atoms with E-state index in [2.05, 4.69) is 15.3 Å². The minimum Gasteiger partial charge on any atom is -0.376 e. The highest BCUT2D eigenvalue weighted by atomic mass is 32.1. The van der Waals surface area contributed by atoms with E-state index >= 15 is 0 Å². The fourth-order valence-corrected chi connectivity index (χ4v) is 1.30. The molecule has 14 heavy (non-hydrogen) atoms. The van der Waals surface area contributed by atoms with Gasteiger partial charge in [-0.2, -0.15) is 0 Å². The van der Waals surface area contributed by atoms with Crippen molar-refractivity contribution in [3.8, 4) is 0 Å². The number of nitrogens with one attached hydrogen (secondary N) is 1. The fraction of sp³-hybridized carbons (Fsp3) is 0. The summed E-state index contributed by atoms with van der Waals surface area (Å²) in [7, 11) is 0. The van der Waals surface area contributed by atoms with E-state index in [1.54, 1.807) is 12.4 Å². The van der Waals surface area contributed by atoms with Gasteiger partial charge in [0.15, 0.2) is 5.11 Å². The summed E-state index contributed by atoms with van der Waals surface area (Å²) in [5, 5.41) is 3.08. The highest BCUT2D eigenvalue weighted by Crippen LogP contribution is 2.14. The third-order valence-electron chi connectivity index (χ3n) is 1.74. The van der Waals surface area contributed by atoms with Gasteiger partial charge in [-0.1, -0.05) is 0 Å². The molecule has 0 spiro atoms. The van der Waals surface area contributed by atoms with Crippen LogP contribution in [0.15, 0.2) is 30.6 Å². The third kappa shape index (κ3) is 1.77. The average Bonchev–Trinajstić information content (AvgIpc) is 2.17. The van der Waals surface area contributed by atoms with E-state index in [9.17, 15) is 0 Å². The number of thiocarbonyl (C=S) groups is 1. The van der Waals surface area contributed by atoms with Crippen molar-refractivity contribution in [3.05, 3.63) is 30.6 Å². The molecular weight excluding hydrogens is 196 g/mol. The summed E-state index contributed by atoms with van der Waals surface area (Å²) < 4.78 is 0. The van der Waals surface area contributed by atoms with Crippen LogP contribution in [0.3, 0.4) is 0 Å². The minimum absolute atomic E-state index is 0.244. The van der Waals surface area contributed by atoms with E-state index in [1.165, 1.54) is 0 Å². The molecule has 1 heterocycles. The van der Waals surface area contributed by atoms with Crippen LogP contribution in [0.2, 0.25) is 0 Å². The summed E-state index contributed by atoms with van der Waals surface area (Å²) in [5.41, 5.74) is 7.84. The highest BCUT2D eigenvalue weighted by Gasteiger charge is 1.97. The molecule has 0 aliphatic rings. The van der Waals surface area contributed by atoms with Gasteiger partial charge >= 0.3 is 0 Å². The molecule has 0 saturated heterocycles. The molecule has 4 nitrogen and oxygen atoms in total. The Balaban J connectivity index is 2.46. The van der Waals surface area contributed by atoms with Crippen LogP contribution in [0.5, 0.6) is 0 Å². The lowest BCUT2D eigenvalue weighted by Crippen LogP contribution is -2.18. The summed E-state index contributed by atoms with van der Waals surface area (Å²) in [6.07, 6.45) is 3.30. The maximum Gasteiger partial charge on any atom is 0.168 e. The Kier molecular flexibility index (Phi) is 2.24. The summed E-state index contributed by atoms with van der Waals surface area (Å²) in [5.74, 6) is 0. The number of hydrogen-bond donors (Lipinski definition) is 2. The molecule has 5 heteroatoms. The number of benzene rings is 1. The van der Waals surface area contributed by atoms with Crippen LogP contribution in [-0.4, -0.2) is 15.1 Å². The minimum atomic E-state index is 0.244. The van der Waals surface area contributed by atoms with Gasteiger partial charge in [-0.25, -0.2) is 0 Å². The van der Waals surface area contributed by atoms with Gasteiger partial charge in [0.2, 0.25) is 0 Å². The number of fused-ring (bicyclic) bond motifs is 1. The second kappa shape index (κ2) is 3.55. The Hall–Kier alpha value is -1.75. The Bertz CT molecular complexity index is 483. The Morgan fingerprint density at radius 1 is 1.21 bits per heavy atom. The maximum absolute atomic E-state index is 5.35. The zero-order valence-electron chi connectivity index (χ0n) is 7.27. The van der Waals surface area contributed by atoms with Gasteiger partial charge in [-0.15, -0.1) is 0 Å². The van der Waals surface area contributed by atoms with Gasteiger partial charge in [0.25, 0.3) is 0 Å². The first kappa shape index (κ1) is 8.83. The molecule has 70 valence electrons. The lowest BCUT2D eigenvalue weighted by molar-refractivity contribution is 1.29. The van der Waals surface area contributed by atoms with Crippen LogP contribution in [0.4, 0.5) is 5.69 Å². The standard InChI is InChI=1S/C9H8N4S/c10-9(14)13-6-1-2-7-8(5-6)12-4-3-11-7/h1-5H,(H3,10,13,14). The van der Waals surface area contributed by atoms with Crippen molar-refractivity contribution in [3.63, 3.8) is 0 Å². The number of anilines is 1. The predicted octanol–water partition coefficient (Wildman–Crippen LogP) is 1.29. The molecule has 0 amide bonds. The Morgan fingerprint density at radius 3 is 2.64 bits per heavy atom. The quantitative estimate of drug-likeness (QED) is 0.685. The number of nitrogens with two attached hydrogens (primary N) is 1. The van der Waals surface area contributed by atoms with Gasteiger partial charge in [0.1, 0.15) is 0 Å². The molecule has 0 fully saturated rings. The van der Waals surface area contributed by atoms with Crippen molar-refractivity contribution in [1.82, 2.24) is 9.97 Å². The summed E-state index contributed by atoms with van der Waals surface area (Å²) in [6, 6.07) is 5.57. The largest absolute Gasteiger partial charge is 0.376 e. The Morgan fingerprint density at radius 2 is 1.93 bits per heavy atom. The van der Waals surface area contributed by atoms with E-state index < -0.39 is 0 Å². The molecule has 1 aromatic carbocycles. The molecule has 0 saturated carbocycles. The zero-order valence-corrected chi connectivity index (χ0v) is 8.08. The molecule has 0 aliphatic heterocycles. The van der Waals surface area contributed by atoms with E-state index in [1.807, 2.05) is 18.2 Å². The number of aromatic nitrogens is 2. The van der Waals surface area contributed by atoms with Gasteiger partial charge in [-0.05, 0) is 30.4 Å². The second-order valence-corrected chi connectivity index (χ2v) is 3.19. The Labute approximate surface area is 86.2 Å². The SMILES string of the molecule is NC(=S)Nc1ccc2nccnc2c1. The monoisotopic (exact) mass is 204 g/mol. The van der Waals surface area contributed by atoms with Gasteiger partial charge in [0.05, 0.1) is 11.0 Å². The molecule has 2 aromatic rings. The van der Waals surface area contributed by atoms with Gasteiger partial charge in [0, 0.05) is 18.1 Å². The topological polar surface area (TPSA) is 63.8 Å². The molecular formula is C9H8N4S. The second-order valence-electron chi connectivity index (χ2n) is 2.75. The van der Waals surface area contributed by atoms with Crippen LogP contribution >= 0.6 is 12.2 Å². The van der Waals surface area contributed by atoms with Gasteiger partial charge in [-0.3, -0.25) is 9.97 Å². The molecule has 0 bridgehead atoms. The first-order valence-electron chi connectivity index (χ1n) is 4.03. The third-order valence-corrected chi connectivity index (χ3v) is 1.84. The van der Waals surface area contributed by atoms with Crippen LogP contribution in [0.25, 0.3) is 11.0 Å². The summed E-state index contributed by atoms with van der Waals surface area (Å²) in [4.78, 5) is 8.31. The molecule has 0 unspecified atom stereocenters. The smallest absolute Gasteiger partial charge is 0.168 e. The van der Waals surface area contributed by atoms with E-state index in [0.717, 1.165) is 16.7 Å². The molecule has 3 N–H and O–H groups in total. The van der Waals surface area contributed by atoms with Crippen LogP contribution < -0.4 is 11.1 Å². The average molecular weight is 204 g/mol. The van der Waals surface area contributed by atoms with Crippen molar-refractivity contribution in [2.45, 2.75) is 0 Å². The number of hydrogen-bond acceptors (Lipinski definition) is 3. The normalized spacial score (nSPS) is 10.0. The summed E-state index contributed by atoms with van der Waals surface area (Å²) in [6.45, 7) is 0. The molecule has 0 aliphatic carbocycles. The zero-order chi connectivity index (χ0) is 9.97. The molecule has 2 rings (SSSR count). The molecule has 0 radical (unpaired) electrons. The molecule has 1 aromatic heterocycles. The van der Waals surface area contributed by atoms with Crippen molar-refractivity contribution < 1.29 is 0 Å². The highest BCUT2D eigenvalue weighted by molar-refractivity contribution is 7.80. The van der Waals surface area contributed by atoms with Crippen molar-refractivity contribution in [2.75, 3.05) is 5.32 Å². The van der Waals surface area contributed by atoms with E-state index in [-0.39, 0.29) is 5.11 Å². The van der Waals surface area contributed by atoms with Crippen LogP contribution in [-0.2, 0) is 0 Å². The van der Waals surface area contributed by atoms with E-state index in [4.69, 9.17) is 18.0 Å². The van der Waals surface area contributed by atoms with Gasteiger partial charge < -0.3 is 11.1 Å². The summed E-state index contributed by atoms with van der Waals surface area (Å²) >= 11 is 4.73. The van der Waals surface area contributed by atoms with Crippen molar-refractivity contribution in [2.24, 2.45) is 5.73 Å². The van der Waals surface area contributed by atoms with Crippen LogP contribution in [0, 0.1) is 0 Å². The number of nitrogens with zero attached hydrogens (tertiary/aromatic N) is 2. The predicted molar refractivity (Wildman–Crippen MR) is 59.9 cm³/mol. The van der Waals surface area contributed by atoms with Crippen LogP contribution in [0.1, 0.15) is 0 Å². The molecule has 0 atom stereocenters. The lowest BCUT2D eigenvalue weighted by Gasteiger charge is -2.03. The van der Waals surface area contributed by atoms with Crippen molar-refractivity contribution >= 4 is 34.1 Å². The van der Waals surface area contributed by atoms with Crippen molar-refractivity contribution in [1.29, 1.82) is 0 Å². The van der Waals surface area contributed by atoms with E-state index in [0.29, 0.717) is 0 Å². The first-order valence-corrected chi connectivity index (χ1v) is 4.44. The maximum atomic E-state index is 5.35. The first-order chi connectivity index (χ1) is 6.75. The lowest BCUT2D eigenvalue weighted by atomic mass is 10.2. The fourth-order valence-electron chi connectivity index (χ4n) is 1.18. The number of rotatable bonds is 1.